The van der Waals surface area contributed by atoms with Crippen LogP contribution in [0.25, 0.3) is 0 Å². The minimum Gasteiger partial charge on any atom is -0.375 e. The molecule has 0 N–H and O–H groups in total. The van der Waals surface area contributed by atoms with Gasteiger partial charge in [-0.05, 0) is 29.3 Å². The minimum atomic E-state index is 0.641. The topological polar surface area (TPSA) is 27.1 Å². The van der Waals surface area contributed by atoms with Crippen LogP contribution in [0, 0.1) is 6.92 Å². The molecular formula is C11H19BrN2O. The van der Waals surface area contributed by atoms with Crippen molar-refractivity contribution in [1.29, 1.82) is 0 Å². The Balaban J connectivity index is 2.37. The van der Waals surface area contributed by atoms with Crippen molar-refractivity contribution in [3.63, 3.8) is 0 Å². The standard InChI is InChI=1S/C11H19BrN2O/c1-4-5-6-7-15-8-10-11(12)9(2)13-14(10)3/h4-8H2,1-3H3. The monoisotopic (exact) mass is 274 g/mol. The summed E-state index contributed by atoms with van der Waals surface area (Å²) < 4.78 is 8.55. The molecule has 0 aliphatic rings. The average molecular weight is 275 g/mol. The SMILES string of the molecule is CCCCCOCc1c(Br)c(C)nn1C. The Labute approximate surface area is 99.9 Å². The number of nitrogens with zero attached hydrogens (tertiary/aromatic N) is 2. The van der Waals surface area contributed by atoms with Crippen molar-refractivity contribution >= 4 is 15.9 Å². The Kier molecular flexibility index (Phi) is 5.32. The number of hydrogen-bond donors (Lipinski definition) is 0. The molecule has 0 atom stereocenters. The lowest BCUT2D eigenvalue weighted by molar-refractivity contribution is 0.111. The second-order valence-corrected chi connectivity index (χ2v) is 4.52. The van der Waals surface area contributed by atoms with Gasteiger partial charge in [-0.15, -0.1) is 0 Å². The van der Waals surface area contributed by atoms with Crippen LogP contribution in [-0.4, -0.2) is 16.4 Å². The quantitative estimate of drug-likeness (QED) is 0.745. The number of rotatable bonds is 6. The Hall–Kier alpha value is -0.350. The highest BCUT2D eigenvalue weighted by molar-refractivity contribution is 9.10. The van der Waals surface area contributed by atoms with Gasteiger partial charge in [0.2, 0.25) is 0 Å². The lowest BCUT2D eigenvalue weighted by Gasteiger charge is -2.04. The highest BCUT2D eigenvalue weighted by atomic mass is 79.9. The van der Waals surface area contributed by atoms with Gasteiger partial charge < -0.3 is 4.74 Å². The van der Waals surface area contributed by atoms with Gasteiger partial charge in [0, 0.05) is 13.7 Å². The van der Waals surface area contributed by atoms with Crippen LogP contribution in [-0.2, 0) is 18.4 Å². The first kappa shape index (κ1) is 12.7. The smallest absolute Gasteiger partial charge is 0.0896 e. The summed E-state index contributed by atoms with van der Waals surface area (Å²) >= 11 is 3.52. The van der Waals surface area contributed by atoms with Crippen LogP contribution in [0.15, 0.2) is 4.47 Å². The summed E-state index contributed by atoms with van der Waals surface area (Å²) in [5.74, 6) is 0. The number of halogens is 1. The molecule has 0 amide bonds. The summed E-state index contributed by atoms with van der Waals surface area (Å²) in [6.07, 6.45) is 3.62. The van der Waals surface area contributed by atoms with Gasteiger partial charge in [0.25, 0.3) is 0 Å². The zero-order valence-corrected chi connectivity index (χ0v) is 11.3. The van der Waals surface area contributed by atoms with Crippen molar-refractivity contribution < 1.29 is 4.74 Å². The van der Waals surface area contributed by atoms with Gasteiger partial charge in [-0.3, -0.25) is 4.68 Å². The van der Waals surface area contributed by atoms with Crippen LogP contribution in [0.1, 0.15) is 37.6 Å². The molecule has 0 aliphatic heterocycles. The Morgan fingerprint density at radius 1 is 1.40 bits per heavy atom. The van der Waals surface area contributed by atoms with Gasteiger partial charge in [-0.1, -0.05) is 19.8 Å². The highest BCUT2D eigenvalue weighted by Crippen LogP contribution is 2.20. The second kappa shape index (κ2) is 6.28. The zero-order chi connectivity index (χ0) is 11.3. The van der Waals surface area contributed by atoms with E-state index in [-0.39, 0.29) is 0 Å². The molecule has 4 heteroatoms. The van der Waals surface area contributed by atoms with Gasteiger partial charge in [-0.25, -0.2) is 0 Å². The number of ether oxygens (including phenoxy) is 1. The van der Waals surface area contributed by atoms with Crippen molar-refractivity contribution in [1.82, 2.24) is 9.78 Å². The van der Waals surface area contributed by atoms with Gasteiger partial charge >= 0.3 is 0 Å². The van der Waals surface area contributed by atoms with E-state index in [4.69, 9.17) is 4.74 Å². The van der Waals surface area contributed by atoms with Crippen molar-refractivity contribution in [2.45, 2.75) is 39.7 Å². The van der Waals surface area contributed by atoms with Crippen molar-refractivity contribution in [3.05, 3.63) is 15.9 Å². The summed E-state index contributed by atoms with van der Waals surface area (Å²) in [4.78, 5) is 0. The Morgan fingerprint density at radius 3 is 2.67 bits per heavy atom. The first-order valence-electron chi connectivity index (χ1n) is 5.42. The van der Waals surface area contributed by atoms with Crippen LogP contribution in [0.3, 0.4) is 0 Å². The molecule has 0 fully saturated rings. The first-order valence-corrected chi connectivity index (χ1v) is 6.21. The molecule has 1 heterocycles. The maximum atomic E-state index is 5.61. The van der Waals surface area contributed by atoms with Crippen molar-refractivity contribution in [2.24, 2.45) is 7.05 Å². The van der Waals surface area contributed by atoms with Crippen molar-refractivity contribution in [3.8, 4) is 0 Å². The number of hydrogen-bond acceptors (Lipinski definition) is 2. The van der Waals surface area contributed by atoms with Gasteiger partial charge in [0.15, 0.2) is 0 Å². The normalized spacial score (nSPS) is 10.9. The van der Waals surface area contributed by atoms with Crippen LogP contribution in [0.5, 0.6) is 0 Å². The molecule has 1 rings (SSSR count). The third-order valence-corrected chi connectivity index (χ3v) is 3.42. The molecular weight excluding hydrogens is 256 g/mol. The maximum absolute atomic E-state index is 5.61. The van der Waals surface area contributed by atoms with Crippen LogP contribution in [0.4, 0.5) is 0 Å². The van der Waals surface area contributed by atoms with E-state index in [1.165, 1.54) is 12.8 Å². The predicted molar refractivity (Wildman–Crippen MR) is 64.8 cm³/mol. The Morgan fingerprint density at radius 2 is 2.13 bits per heavy atom. The minimum absolute atomic E-state index is 0.641. The average Bonchev–Trinajstić information content (AvgIpc) is 2.44. The molecule has 1 aromatic rings. The molecule has 0 saturated heterocycles. The number of unbranched alkanes of at least 4 members (excludes halogenated alkanes) is 2. The fourth-order valence-corrected chi connectivity index (χ4v) is 1.91. The van der Waals surface area contributed by atoms with Gasteiger partial charge in [-0.2, -0.15) is 5.10 Å². The molecule has 0 aromatic carbocycles. The van der Waals surface area contributed by atoms with E-state index in [2.05, 4.69) is 28.0 Å². The van der Waals surface area contributed by atoms with E-state index in [0.29, 0.717) is 6.61 Å². The molecule has 1 aromatic heterocycles. The summed E-state index contributed by atoms with van der Waals surface area (Å²) in [6, 6.07) is 0. The third-order valence-electron chi connectivity index (χ3n) is 2.39. The number of aromatic nitrogens is 2. The molecule has 0 bridgehead atoms. The lowest BCUT2D eigenvalue weighted by Crippen LogP contribution is -2.02. The molecule has 0 radical (unpaired) electrons. The largest absolute Gasteiger partial charge is 0.375 e. The third kappa shape index (κ3) is 3.61. The van der Waals surface area contributed by atoms with E-state index >= 15 is 0 Å². The van der Waals surface area contributed by atoms with E-state index in [1.807, 2.05) is 18.7 Å². The fourth-order valence-electron chi connectivity index (χ4n) is 1.46. The maximum Gasteiger partial charge on any atom is 0.0896 e. The second-order valence-electron chi connectivity index (χ2n) is 3.73. The van der Waals surface area contributed by atoms with E-state index in [0.717, 1.165) is 28.9 Å². The lowest BCUT2D eigenvalue weighted by atomic mass is 10.3. The van der Waals surface area contributed by atoms with E-state index < -0.39 is 0 Å². The van der Waals surface area contributed by atoms with Crippen LogP contribution in [0.2, 0.25) is 0 Å². The molecule has 86 valence electrons. The molecule has 0 saturated carbocycles. The van der Waals surface area contributed by atoms with Crippen LogP contribution >= 0.6 is 15.9 Å². The van der Waals surface area contributed by atoms with Crippen LogP contribution < -0.4 is 0 Å². The molecule has 0 aliphatic carbocycles. The predicted octanol–water partition coefficient (Wildman–Crippen LogP) is 3.20. The summed E-state index contributed by atoms with van der Waals surface area (Å²) in [5, 5.41) is 4.32. The fraction of sp³-hybridized carbons (Fsp3) is 0.727. The Bertz CT molecular complexity index is 310. The number of aryl methyl sites for hydroxylation is 2. The molecule has 15 heavy (non-hydrogen) atoms. The van der Waals surface area contributed by atoms with Crippen molar-refractivity contribution in [2.75, 3.05) is 6.61 Å². The summed E-state index contributed by atoms with van der Waals surface area (Å²) in [5.41, 5.74) is 2.13. The van der Waals surface area contributed by atoms with E-state index in [1.54, 1.807) is 0 Å². The highest BCUT2D eigenvalue weighted by Gasteiger charge is 2.09. The van der Waals surface area contributed by atoms with Gasteiger partial charge in [0.05, 0.1) is 22.5 Å². The zero-order valence-electron chi connectivity index (χ0n) is 9.72. The molecule has 3 nitrogen and oxygen atoms in total. The summed E-state index contributed by atoms with van der Waals surface area (Å²) in [7, 11) is 1.95. The van der Waals surface area contributed by atoms with E-state index in [9.17, 15) is 0 Å². The molecule has 0 spiro atoms. The summed E-state index contributed by atoms with van der Waals surface area (Å²) in [6.45, 7) is 5.66. The van der Waals surface area contributed by atoms with Gasteiger partial charge in [0.1, 0.15) is 0 Å². The first-order chi connectivity index (χ1) is 7.16. The molecule has 0 unspecified atom stereocenters.